The van der Waals surface area contributed by atoms with Gasteiger partial charge in [0.25, 0.3) is 0 Å². The first-order chi connectivity index (χ1) is 13.2. The Balaban J connectivity index is 1.85. The SMILES string of the molecule is COc1ccc(N(Cc2ncc[nH]2)C2=C(O)C(C)Oc3ccccc32)cc1. The van der Waals surface area contributed by atoms with Crippen molar-refractivity contribution in [3.8, 4) is 11.5 Å². The van der Waals surface area contributed by atoms with Gasteiger partial charge in [-0.05, 0) is 43.3 Å². The zero-order valence-electron chi connectivity index (χ0n) is 15.2. The van der Waals surface area contributed by atoms with E-state index in [4.69, 9.17) is 9.47 Å². The number of imidazole rings is 1. The maximum Gasteiger partial charge on any atom is 0.157 e. The van der Waals surface area contributed by atoms with Gasteiger partial charge in [0.15, 0.2) is 11.9 Å². The summed E-state index contributed by atoms with van der Waals surface area (Å²) in [6.45, 7) is 2.31. The minimum absolute atomic E-state index is 0.191. The highest BCUT2D eigenvalue weighted by Gasteiger charge is 2.30. The summed E-state index contributed by atoms with van der Waals surface area (Å²) in [6, 6.07) is 15.5. The Morgan fingerprint density at radius 3 is 2.67 bits per heavy atom. The third-order valence-electron chi connectivity index (χ3n) is 4.59. The number of anilines is 1. The molecule has 1 aliphatic rings. The first-order valence-corrected chi connectivity index (χ1v) is 8.76. The van der Waals surface area contributed by atoms with Crippen LogP contribution in [-0.4, -0.2) is 28.3 Å². The standard InChI is InChI=1S/C21H21N3O3/c1-14-21(25)20(17-5-3-4-6-18(17)27-14)24(13-19-22-11-12-23-19)15-7-9-16(26-2)10-8-15/h3-12,14,25H,13H2,1-2H3,(H,22,23). The molecule has 4 rings (SSSR count). The molecule has 1 aliphatic heterocycles. The molecule has 2 N–H and O–H groups in total. The number of aromatic nitrogens is 2. The van der Waals surface area contributed by atoms with Crippen molar-refractivity contribution in [1.29, 1.82) is 0 Å². The van der Waals surface area contributed by atoms with Gasteiger partial charge in [0.2, 0.25) is 0 Å². The van der Waals surface area contributed by atoms with E-state index in [0.29, 0.717) is 12.2 Å². The number of hydrogen-bond acceptors (Lipinski definition) is 5. The normalized spacial score (nSPS) is 15.9. The Kier molecular flexibility index (Phi) is 4.46. The molecule has 2 aromatic carbocycles. The molecule has 0 saturated heterocycles. The molecule has 0 radical (unpaired) electrons. The van der Waals surface area contributed by atoms with Crippen molar-refractivity contribution in [2.75, 3.05) is 12.0 Å². The lowest BCUT2D eigenvalue weighted by atomic mass is 10.0. The number of aliphatic hydroxyl groups excluding tert-OH is 1. The van der Waals surface area contributed by atoms with E-state index in [1.54, 1.807) is 19.5 Å². The average Bonchev–Trinajstić information content (AvgIpc) is 3.21. The van der Waals surface area contributed by atoms with Gasteiger partial charge >= 0.3 is 0 Å². The summed E-state index contributed by atoms with van der Waals surface area (Å²) in [6.07, 6.45) is 3.07. The highest BCUT2D eigenvalue weighted by Crippen LogP contribution is 2.39. The molecule has 0 amide bonds. The van der Waals surface area contributed by atoms with E-state index in [2.05, 4.69) is 9.97 Å². The fraction of sp³-hybridized carbons (Fsp3) is 0.190. The molecule has 6 heteroatoms. The summed E-state index contributed by atoms with van der Waals surface area (Å²) < 4.78 is 11.1. The summed E-state index contributed by atoms with van der Waals surface area (Å²) in [7, 11) is 1.64. The predicted octanol–water partition coefficient (Wildman–Crippen LogP) is 4.13. The largest absolute Gasteiger partial charge is 0.506 e. The van der Waals surface area contributed by atoms with Gasteiger partial charge in [0.05, 0.1) is 19.4 Å². The third kappa shape index (κ3) is 3.21. The molecule has 0 fully saturated rings. The molecule has 0 saturated carbocycles. The Hall–Kier alpha value is -3.41. The molecule has 0 bridgehead atoms. The Labute approximate surface area is 157 Å². The van der Waals surface area contributed by atoms with Crippen molar-refractivity contribution in [3.63, 3.8) is 0 Å². The van der Waals surface area contributed by atoms with Crippen LogP contribution < -0.4 is 14.4 Å². The molecule has 3 aromatic rings. The van der Waals surface area contributed by atoms with E-state index < -0.39 is 6.10 Å². The van der Waals surface area contributed by atoms with E-state index in [1.807, 2.05) is 60.4 Å². The minimum atomic E-state index is -0.438. The Morgan fingerprint density at radius 1 is 1.19 bits per heavy atom. The zero-order chi connectivity index (χ0) is 18.8. The van der Waals surface area contributed by atoms with Gasteiger partial charge in [-0.25, -0.2) is 4.98 Å². The fourth-order valence-electron chi connectivity index (χ4n) is 3.22. The number of aliphatic hydroxyl groups is 1. The van der Waals surface area contributed by atoms with Crippen LogP contribution >= 0.6 is 0 Å². The van der Waals surface area contributed by atoms with Crippen LogP contribution in [0.15, 0.2) is 66.7 Å². The highest BCUT2D eigenvalue weighted by molar-refractivity contribution is 5.84. The quantitative estimate of drug-likeness (QED) is 0.713. The van der Waals surface area contributed by atoms with Crippen molar-refractivity contribution in [2.45, 2.75) is 19.6 Å². The number of ether oxygens (including phenoxy) is 2. The first kappa shape index (κ1) is 17.0. The number of H-pyrrole nitrogens is 1. The minimum Gasteiger partial charge on any atom is -0.506 e. The van der Waals surface area contributed by atoms with Crippen molar-refractivity contribution in [1.82, 2.24) is 9.97 Å². The van der Waals surface area contributed by atoms with Gasteiger partial charge in [-0.1, -0.05) is 12.1 Å². The van der Waals surface area contributed by atoms with E-state index in [9.17, 15) is 5.11 Å². The van der Waals surface area contributed by atoms with E-state index in [1.165, 1.54) is 0 Å². The molecular weight excluding hydrogens is 342 g/mol. The van der Waals surface area contributed by atoms with Crippen molar-refractivity contribution >= 4 is 11.4 Å². The molecule has 0 spiro atoms. The molecule has 6 nitrogen and oxygen atoms in total. The summed E-state index contributed by atoms with van der Waals surface area (Å²) >= 11 is 0. The summed E-state index contributed by atoms with van der Waals surface area (Å²) in [5.41, 5.74) is 2.47. The fourth-order valence-corrected chi connectivity index (χ4v) is 3.22. The highest BCUT2D eigenvalue weighted by atomic mass is 16.5. The van der Waals surface area contributed by atoms with Gasteiger partial charge in [0.1, 0.15) is 17.3 Å². The second kappa shape index (κ2) is 7.07. The Morgan fingerprint density at radius 2 is 1.96 bits per heavy atom. The van der Waals surface area contributed by atoms with Crippen LogP contribution in [0.2, 0.25) is 0 Å². The molecule has 138 valence electrons. The van der Waals surface area contributed by atoms with Crippen molar-refractivity contribution in [2.24, 2.45) is 0 Å². The average molecular weight is 363 g/mol. The van der Waals surface area contributed by atoms with Gasteiger partial charge in [0, 0.05) is 23.6 Å². The second-order valence-electron chi connectivity index (χ2n) is 6.31. The van der Waals surface area contributed by atoms with Crippen molar-refractivity contribution < 1.29 is 14.6 Å². The van der Waals surface area contributed by atoms with Crippen LogP contribution in [0.25, 0.3) is 5.70 Å². The molecular formula is C21H21N3O3. The molecule has 1 unspecified atom stereocenters. The van der Waals surface area contributed by atoms with Crippen LogP contribution in [-0.2, 0) is 6.54 Å². The number of methoxy groups -OCH3 is 1. The van der Waals surface area contributed by atoms with E-state index in [-0.39, 0.29) is 5.76 Å². The molecule has 1 atom stereocenters. The maximum atomic E-state index is 10.9. The lowest BCUT2D eigenvalue weighted by Gasteiger charge is -2.33. The number of rotatable bonds is 5. The number of nitrogens with one attached hydrogen (secondary N) is 1. The monoisotopic (exact) mass is 363 g/mol. The van der Waals surface area contributed by atoms with Crippen molar-refractivity contribution in [3.05, 3.63) is 78.1 Å². The number of para-hydroxylation sites is 1. The Bertz CT molecular complexity index is 949. The second-order valence-corrected chi connectivity index (χ2v) is 6.31. The number of aromatic amines is 1. The van der Waals surface area contributed by atoms with Crippen LogP contribution in [0.5, 0.6) is 11.5 Å². The molecule has 2 heterocycles. The smallest absolute Gasteiger partial charge is 0.157 e. The van der Waals surface area contributed by atoms with Gasteiger partial charge in [-0.2, -0.15) is 0 Å². The van der Waals surface area contributed by atoms with Gasteiger partial charge in [-0.15, -0.1) is 0 Å². The number of fused-ring (bicyclic) bond motifs is 1. The van der Waals surface area contributed by atoms with Crippen LogP contribution in [0.3, 0.4) is 0 Å². The van der Waals surface area contributed by atoms with Crippen LogP contribution in [0, 0.1) is 0 Å². The van der Waals surface area contributed by atoms with Gasteiger partial charge < -0.3 is 24.5 Å². The molecule has 1 aromatic heterocycles. The maximum absolute atomic E-state index is 10.9. The van der Waals surface area contributed by atoms with E-state index in [0.717, 1.165) is 28.6 Å². The van der Waals surface area contributed by atoms with E-state index >= 15 is 0 Å². The predicted molar refractivity (Wildman–Crippen MR) is 104 cm³/mol. The summed E-state index contributed by atoms with van der Waals surface area (Å²) in [4.78, 5) is 9.52. The third-order valence-corrected chi connectivity index (χ3v) is 4.59. The van der Waals surface area contributed by atoms with Gasteiger partial charge in [-0.3, -0.25) is 0 Å². The first-order valence-electron chi connectivity index (χ1n) is 8.76. The summed E-state index contributed by atoms with van der Waals surface area (Å²) in [5, 5.41) is 10.9. The lowest BCUT2D eigenvalue weighted by Crippen LogP contribution is -2.30. The molecule has 27 heavy (non-hydrogen) atoms. The van der Waals surface area contributed by atoms with Crippen LogP contribution in [0.1, 0.15) is 18.3 Å². The van der Waals surface area contributed by atoms with Crippen LogP contribution in [0.4, 0.5) is 5.69 Å². The summed E-state index contributed by atoms with van der Waals surface area (Å²) in [5.74, 6) is 2.50. The molecule has 0 aliphatic carbocycles. The zero-order valence-corrected chi connectivity index (χ0v) is 15.2. The number of hydrogen-bond donors (Lipinski definition) is 2. The lowest BCUT2D eigenvalue weighted by molar-refractivity contribution is 0.185. The number of benzene rings is 2. The topological polar surface area (TPSA) is 70.6 Å². The number of nitrogens with zero attached hydrogens (tertiary/aromatic N) is 2.